The fourth-order valence-corrected chi connectivity index (χ4v) is 5.03. The fraction of sp³-hybridized carbons (Fsp3) is 0.371. The molecule has 0 amide bonds. The van der Waals surface area contributed by atoms with Gasteiger partial charge in [0.05, 0.1) is 17.8 Å². The lowest BCUT2D eigenvalue weighted by Gasteiger charge is -2.16. The van der Waals surface area contributed by atoms with E-state index in [0.717, 1.165) is 52.6 Å². The van der Waals surface area contributed by atoms with Gasteiger partial charge in [-0.1, -0.05) is 65.3 Å². The predicted octanol–water partition coefficient (Wildman–Crippen LogP) is 10.2. The number of unbranched alkanes of at least 4 members (excludes halogenated alkanes) is 2. The molecule has 4 nitrogen and oxygen atoms in total. The van der Waals surface area contributed by atoms with E-state index in [2.05, 4.69) is 83.5 Å². The van der Waals surface area contributed by atoms with Gasteiger partial charge in [0.25, 0.3) is 0 Å². The van der Waals surface area contributed by atoms with Crippen molar-refractivity contribution in [2.75, 3.05) is 6.61 Å². The number of aryl methyl sites for hydroxylation is 2. The minimum Gasteiger partial charge on any atom is -0.494 e. The molecule has 0 radical (unpaired) electrons. The Morgan fingerprint density at radius 3 is 2.48 bits per heavy atom. The van der Waals surface area contributed by atoms with Gasteiger partial charge in [-0.3, -0.25) is 4.79 Å². The third-order valence-electron chi connectivity index (χ3n) is 6.33. The van der Waals surface area contributed by atoms with E-state index < -0.39 is 0 Å². The van der Waals surface area contributed by atoms with Crippen LogP contribution in [0.3, 0.4) is 0 Å². The van der Waals surface area contributed by atoms with Crippen molar-refractivity contribution in [2.24, 2.45) is 5.92 Å². The summed E-state index contributed by atoms with van der Waals surface area (Å²) in [4.78, 5) is 17.8. The molecule has 40 heavy (non-hydrogen) atoms. The first-order valence-electron chi connectivity index (χ1n) is 14.3. The number of rotatable bonds is 13. The normalized spacial score (nSPS) is 12.0. The molecule has 3 rings (SSSR count). The van der Waals surface area contributed by atoms with Gasteiger partial charge in [-0.2, -0.15) is 0 Å². The van der Waals surface area contributed by atoms with E-state index in [-0.39, 0.29) is 5.78 Å². The summed E-state index contributed by atoms with van der Waals surface area (Å²) in [7, 11) is 0. The maximum atomic E-state index is 11.7. The molecule has 214 valence electrons. The Hall–Kier alpha value is -3.44. The molecule has 0 aliphatic heterocycles. The van der Waals surface area contributed by atoms with Gasteiger partial charge in [-0.05, 0) is 98.2 Å². The topological polar surface area (TPSA) is 44.1 Å². The third-order valence-corrected chi connectivity index (χ3v) is 7.62. The Bertz CT molecular complexity index is 1310. The molecule has 0 bridgehead atoms. The summed E-state index contributed by atoms with van der Waals surface area (Å²) in [5.41, 5.74) is 6.04. The van der Waals surface area contributed by atoms with Crippen molar-refractivity contribution in [3.8, 4) is 5.69 Å². The maximum absolute atomic E-state index is 11.7. The monoisotopic (exact) mass is 558 g/mol. The highest BCUT2D eigenvalue weighted by Gasteiger charge is 2.14. The summed E-state index contributed by atoms with van der Waals surface area (Å²) >= 11 is 1.58. The zero-order chi connectivity index (χ0) is 29.5. The number of carbonyl (C=O) groups is 1. The summed E-state index contributed by atoms with van der Waals surface area (Å²) in [5, 5.41) is 0. The zero-order valence-electron chi connectivity index (χ0n) is 25.4. The lowest BCUT2D eigenvalue weighted by Crippen LogP contribution is -1.99. The highest BCUT2D eigenvalue weighted by atomic mass is 32.1. The summed E-state index contributed by atoms with van der Waals surface area (Å²) in [6.07, 6.45) is 20.1. The smallest absolute Gasteiger partial charge is 0.169 e. The Morgan fingerprint density at radius 1 is 1.15 bits per heavy atom. The number of thiophene rings is 1. The van der Waals surface area contributed by atoms with Gasteiger partial charge in [0.1, 0.15) is 5.76 Å². The first-order valence-corrected chi connectivity index (χ1v) is 15.1. The second kappa shape index (κ2) is 17.3. The number of allylic oxidation sites excluding steroid dienone is 5. The van der Waals surface area contributed by atoms with E-state index in [1.807, 2.05) is 35.3 Å². The predicted molar refractivity (Wildman–Crippen MR) is 173 cm³/mol. The van der Waals surface area contributed by atoms with E-state index in [9.17, 15) is 4.79 Å². The number of hydrogen-bond acceptors (Lipinski definition) is 4. The van der Waals surface area contributed by atoms with Gasteiger partial charge in [0.2, 0.25) is 0 Å². The Morgan fingerprint density at radius 2 is 1.93 bits per heavy atom. The molecule has 0 aliphatic rings. The van der Waals surface area contributed by atoms with Crippen LogP contribution in [0.5, 0.6) is 0 Å². The van der Waals surface area contributed by atoms with E-state index >= 15 is 0 Å². The molecule has 0 aliphatic carbocycles. The molecule has 0 unspecified atom stereocenters. The summed E-state index contributed by atoms with van der Waals surface area (Å²) in [5.74, 6) is 1.49. The van der Waals surface area contributed by atoms with Crippen LogP contribution in [0.4, 0.5) is 0 Å². The highest BCUT2D eigenvalue weighted by Crippen LogP contribution is 2.33. The molecule has 0 N–H and O–H groups in total. The second-order valence-corrected chi connectivity index (χ2v) is 11.2. The van der Waals surface area contributed by atoms with Crippen LogP contribution in [0.1, 0.15) is 91.5 Å². The van der Waals surface area contributed by atoms with Gasteiger partial charge in [-0.15, -0.1) is 11.3 Å². The van der Waals surface area contributed by atoms with Gasteiger partial charge in [0, 0.05) is 23.0 Å². The molecule has 0 fully saturated rings. The van der Waals surface area contributed by atoms with Crippen molar-refractivity contribution in [1.29, 1.82) is 0 Å². The van der Waals surface area contributed by atoms with E-state index in [4.69, 9.17) is 4.74 Å². The molecule has 2 aromatic heterocycles. The number of benzene rings is 1. The quantitative estimate of drug-likeness (QED) is 0.0907. The zero-order valence-corrected chi connectivity index (χ0v) is 26.2. The Balaban J connectivity index is 0.000000342. The standard InChI is InChI=1S/C22H24N2OS.C13H22O/c1-14(2)20(12-21-16(4)11-22(26-21)17(5)25)19-7-6-18(10-15(19)3)24-9-8-23-13-24;1-4-7-10-13(11-8-5-2)14-12-9-6-3/h6-14H,1-5H3;4,7,10-11H,1,5-6,8-9,12H2,2-3H3/b20-12+;10-7-,13-11+. The van der Waals surface area contributed by atoms with E-state index in [0.29, 0.717) is 5.92 Å². The molecule has 2 heterocycles. The fourth-order valence-electron chi connectivity index (χ4n) is 4.01. The average molecular weight is 559 g/mol. The highest BCUT2D eigenvalue weighted by molar-refractivity contribution is 7.15. The van der Waals surface area contributed by atoms with Crippen molar-refractivity contribution >= 4 is 28.8 Å². The van der Waals surface area contributed by atoms with Crippen LogP contribution in [0.2, 0.25) is 0 Å². The van der Waals surface area contributed by atoms with Crippen LogP contribution < -0.4 is 0 Å². The molecule has 0 saturated carbocycles. The molecular formula is C35H46N2O2S. The van der Waals surface area contributed by atoms with Crippen LogP contribution in [-0.4, -0.2) is 21.9 Å². The average Bonchev–Trinajstić information content (AvgIpc) is 3.59. The SMILES string of the molecule is C=C/C=C\C(=C/CCC)OCCCC.CC(=O)c1cc(C)c(/C=C(/c2ccc(-n3ccnc3)cc2C)C(C)C)s1. The van der Waals surface area contributed by atoms with Crippen molar-refractivity contribution in [3.05, 3.63) is 106 Å². The molecule has 0 atom stereocenters. The van der Waals surface area contributed by atoms with Gasteiger partial charge in [-0.25, -0.2) is 4.98 Å². The van der Waals surface area contributed by atoms with Crippen molar-refractivity contribution < 1.29 is 9.53 Å². The van der Waals surface area contributed by atoms with Gasteiger partial charge < -0.3 is 9.30 Å². The van der Waals surface area contributed by atoms with Crippen LogP contribution >= 0.6 is 11.3 Å². The van der Waals surface area contributed by atoms with Gasteiger partial charge >= 0.3 is 0 Å². The number of carbonyl (C=O) groups excluding carboxylic acids is 1. The minimum absolute atomic E-state index is 0.129. The van der Waals surface area contributed by atoms with Gasteiger partial charge in [0.15, 0.2) is 5.78 Å². The van der Waals surface area contributed by atoms with Crippen molar-refractivity contribution in [2.45, 2.75) is 74.1 Å². The van der Waals surface area contributed by atoms with Crippen LogP contribution in [0.15, 0.2) is 79.6 Å². The Kier molecular flexibility index (Phi) is 14.2. The maximum Gasteiger partial charge on any atom is 0.169 e. The Labute approximate surface area is 245 Å². The molecule has 3 aromatic rings. The molecule has 1 aromatic carbocycles. The first-order chi connectivity index (χ1) is 19.2. The number of imidazole rings is 1. The molecular weight excluding hydrogens is 512 g/mol. The van der Waals surface area contributed by atoms with Crippen LogP contribution in [0.25, 0.3) is 17.3 Å². The number of aromatic nitrogens is 2. The number of ether oxygens (including phenoxy) is 1. The largest absolute Gasteiger partial charge is 0.494 e. The molecule has 5 heteroatoms. The molecule has 0 saturated heterocycles. The van der Waals surface area contributed by atoms with E-state index in [1.165, 1.54) is 23.1 Å². The lowest BCUT2D eigenvalue weighted by atomic mass is 9.91. The summed E-state index contributed by atoms with van der Waals surface area (Å²) < 4.78 is 7.63. The van der Waals surface area contributed by atoms with Crippen LogP contribution in [0, 0.1) is 19.8 Å². The van der Waals surface area contributed by atoms with Crippen molar-refractivity contribution in [3.63, 3.8) is 0 Å². The minimum atomic E-state index is 0.129. The first kappa shape index (κ1) is 32.8. The van der Waals surface area contributed by atoms with Crippen LogP contribution in [-0.2, 0) is 4.74 Å². The number of Topliss-reactive ketones (excluding diaryl/α,β-unsaturated/α-hetero) is 1. The second-order valence-electron chi connectivity index (χ2n) is 10.1. The number of nitrogens with zero attached hydrogens (tertiary/aromatic N) is 2. The van der Waals surface area contributed by atoms with Crippen molar-refractivity contribution in [1.82, 2.24) is 9.55 Å². The summed E-state index contributed by atoms with van der Waals surface area (Å²) in [6.45, 7) is 19.1. The lowest BCUT2D eigenvalue weighted by molar-refractivity contribution is 0.102. The van der Waals surface area contributed by atoms with E-state index in [1.54, 1.807) is 30.5 Å². The summed E-state index contributed by atoms with van der Waals surface area (Å²) in [6, 6.07) is 8.50. The molecule has 0 spiro atoms. The third kappa shape index (κ3) is 10.3. The number of ketones is 1. The number of hydrogen-bond donors (Lipinski definition) is 0.